The van der Waals surface area contributed by atoms with E-state index >= 15 is 0 Å². The van der Waals surface area contributed by atoms with Gasteiger partial charge in [0, 0.05) is 6.08 Å². The molecule has 0 bridgehead atoms. The van der Waals surface area contributed by atoms with E-state index in [4.69, 9.17) is 12.2 Å². The molecule has 4 aromatic carbocycles. The first-order valence-corrected chi connectivity index (χ1v) is 11.6. The van der Waals surface area contributed by atoms with Crippen LogP contribution in [0, 0.1) is 0 Å². The van der Waals surface area contributed by atoms with Crippen molar-refractivity contribution in [1.29, 1.82) is 0 Å². The number of para-hydroxylation sites is 1. The summed E-state index contributed by atoms with van der Waals surface area (Å²) in [6, 6.07) is 30.5. The van der Waals surface area contributed by atoms with Gasteiger partial charge in [0.15, 0.2) is 5.11 Å². The second kappa shape index (κ2) is 11.2. The largest absolute Gasteiger partial charge is 0.345 e. The summed E-state index contributed by atoms with van der Waals surface area (Å²) in [6.45, 7) is 1.93. The van der Waals surface area contributed by atoms with Crippen LogP contribution in [0.3, 0.4) is 0 Å². The van der Waals surface area contributed by atoms with E-state index in [0.717, 1.165) is 21.9 Å². The van der Waals surface area contributed by atoms with Crippen LogP contribution in [0.25, 0.3) is 16.8 Å². The minimum absolute atomic E-state index is 0.105. The molecule has 0 fully saturated rings. The first kappa shape index (κ1) is 23.9. The van der Waals surface area contributed by atoms with Gasteiger partial charge in [-0.25, -0.2) is 0 Å². The van der Waals surface area contributed by atoms with E-state index in [1.807, 2.05) is 79.7 Å². The SMILES string of the molecule is CC(NC(=O)c1ccccc1NC(=S)NC(=O)/C=C/c1cccc2ccccc12)c1ccccc1. The molecule has 0 aliphatic heterocycles. The number of nitrogens with one attached hydrogen (secondary N) is 3. The van der Waals surface area contributed by atoms with Crippen molar-refractivity contribution >= 4 is 51.7 Å². The summed E-state index contributed by atoms with van der Waals surface area (Å²) in [4.78, 5) is 25.4. The molecule has 0 saturated carbocycles. The first-order chi connectivity index (χ1) is 17.0. The molecule has 5 nitrogen and oxygen atoms in total. The maximum atomic E-state index is 12.9. The lowest BCUT2D eigenvalue weighted by Crippen LogP contribution is -2.34. The molecule has 0 aliphatic carbocycles. The maximum absolute atomic E-state index is 12.9. The minimum Gasteiger partial charge on any atom is -0.345 e. The molecule has 0 radical (unpaired) electrons. The lowest BCUT2D eigenvalue weighted by molar-refractivity contribution is -0.115. The van der Waals surface area contributed by atoms with E-state index in [0.29, 0.717) is 11.3 Å². The number of thiocarbonyl (C=S) groups is 1. The number of amides is 2. The highest BCUT2D eigenvalue weighted by Crippen LogP contribution is 2.20. The molecule has 0 heterocycles. The predicted octanol–water partition coefficient (Wildman–Crippen LogP) is 5.86. The van der Waals surface area contributed by atoms with Crippen LogP contribution < -0.4 is 16.0 Å². The van der Waals surface area contributed by atoms with Crippen LogP contribution in [-0.2, 0) is 4.79 Å². The molecule has 4 aromatic rings. The van der Waals surface area contributed by atoms with Crippen LogP contribution in [0.1, 0.15) is 34.5 Å². The Morgan fingerprint density at radius 3 is 2.34 bits per heavy atom. The molecule has 2 amide bonds. The van der Waals surface area contributed by atoms with E-state index in [9.17, 15) is 9.59 Å². The highest BCUT2D eigenvalue weighted by molar-refractivity contribution is 7.80. The number of anilines is 1. The third kappa shape index (κ3) is 6.19. The molecule has 0 aromatic heterocycles. The average Bonchev–Trinajstić information content (AvgIpc) is 2.88. The van der Waals surface area contributed by atoms with Crippen molar-refractivity contribution in [2.24, 2.45) is 0 Å². The quantitative estimate of drug-likeness (QED) is 0.239. The smallest absolute Gasteiger partial charge is 0.253 e. The fourth-order valence-corrected chi connectivity index (χ4v) is 3.97. The van der Waals surface area contributed by atoms with Crippen LogP contribution >= 0.6 is 12.2 Å². The van der Waals surface area contributed by atoms with Gasteiger partial charge in [0.05, 0.1) is 17.3 Å². The van der Waals surface area contributed by atoms with E-state index in [2.05, 4.69) is 16.0 Å². The van der Waals surface area contributed by atoms with Crippen molar-refractivity contribution in [1.82, 2.24) is 10.6 Å². The molecule has 1 unspecified atom stereocenters. The second-order valence-electron chi connectivity index (χ2n) is 8.00. The van der Waals surface area contributed by atoms with E-state index in [1.165, 1.54) is 6.08 Å². The van der Waals surface area contributed by atoms with Gasteiger partial charge in [-0.15, -0.1) is 0 Å². The Morgan fingerprint density at radius 1 is 0.829 bits per heavy atom. The Hall–Kier alpha value is -4.29. The fraction of sp³-hybridized carbons (Fsp3) is 0.0690. The highest BCUT2D eigenvalue weighted by Gasteiger charge is 2.15. The zero-order chi connectivity index (χ0) is 24.6. The number of fused-ring (bicyclic) bond motifs is 1. The molecule has 174 valence electrons. The summed E-state index contributed by atoms with van der Waals surface area (Å²) >= 11 is 5.32. The molecule has 0 spiro atoms. The first-order valence-electron chi connectivity index (χ1n) is 11.2. The van der Waals surface area contributed by atoms with Crippen molar-refractivity contribution in [3.8, 4) is 0 Å². The Bertz CT molecular complexity index is 1390. The van der Waals surface area contributed by atoms with E-state index in [1.54, 1.807) is 30.3 Å². The van der Waals surface area contributed by atoms with Gasteiger partial charge in [0.2, 0.25) is 5.91 Å². The van der Waals surface area contributed by atoms with Crippen molar-refractivity contribution in [3.05, 3.63) is 120 Å². The topological polar surface area (TPSA) is 70.2 Å². The second-order valence-corrected chi connectivity index (χ2v) is 8.40. The highest BCUT2D eigenvalue weighted by atomic mass is 32.1. The van der Waals surface area contributed by atoms with Crippen LogP contribution in [0.15, 0.2) is 103 Å². The van der Waals surface area contributed by atoms with E-state index < -0.39 is 0 Å². The van der Waals surface area contributed by atoms with Crippen LogP contribution in [-0.4, -0.2) is 16.9 Å². The molecule has 3 N–H and O–H groups in total. The number of rotatable bonds is 6. The third-order valence-corrected chi connectivity index (χ3v) is 5.75. The number of benzene rings is 4. The van der Waals surface area contributed by atoms with Crippen LogP contribution in [0.2, 0.25) is 0 Å². The summed E-state index contributed by atoms with van der Waals surface area (Å²) in [5.74, 6) is -0.607. The minimum atomic E-state index is -0.366. The van der Waals surface area contributed by atoms with E-state index in [-0.39, 0.29) is 23.0 Å². The molecule has 4 rings (SSSR count). The summed E-state index contributed by atoms with van der Waals surface area (Å²) < 4.78 is 0. The van der Waals surface area contributed by atoms with Gasteiger partial charge >= 0.3 is 0 Å². The molecule has 35 heavy (non-hydrogen) atoms. The van der Waals surface area contributed by atoms with Gasteiger partial charge < -0.3 is 10.6 Å². The number of carbonyl (C=O) groups is 2. The van der Waals surface area contributed by atoms with Gasteiger partial charge in [-0.05, 0) is 59.2 Å². The maximum Gasteiger partial charge on any atom is 0.253 e. The zero-order valence-corrected chi connectivity index (χ0v) is 20.0. The Labute approximate surface area is 209 Å². The molecular formula is C29H25N3O2S. The van der Waals surface area contributed by atoms with Gasteiger partial charge in [-0.1, -0.05) is 84.9 Å². The summed E-state index contributed by atoms with van der Waals surface area (Å²) in [6.07, 6.45) is 3.20. The third-order valence-electron chi connectivity index (χ3n) is 5.54. The standard InChI is InChI=1S/C29H25N3O2S/c1-20(21-10-3-2-4-11-21)30-28(34)25-16-7-8-17-26(25)31-29(35)32-27(33)19-18-23-14-9-13-22-12-5-6-15-24(22)23/h2-20H,1H3,(H,30,34)(H2,31,32,33,35)/b19-18+. The summed E-state index contributed by atoms with van der Waals surface area (Å²) in [5, 5.41) is 10.9. The molecule has 0 aliphatic rings. The Balaban J connectivity index is 1.40. The van der Waals surface area contributed by atoms with Crippen molar-refractivity contribution in [2.75, 3.05) is 5.32 Å². The Morgan fingerprint density at radius 2 is 1.51 bits per heavy atom. The summed E-state index contributed by atoms with van der Waals surface area (Å²) in [5.41, 5.74) is 2.88. The zero-order valence-electron chi connectivity index (χ0n) is 19.2. The van der Waals surface area contributed by atoms with Gasteiger partial charge in [-0.3, -0.25) is 14.9 Å². The van der Waals surface area contributed by atoms with Crippen LogP contribution in [0.4, 0.5) is 5.69 Å². The fourth-order valence-electron chi connectivity index (χ4n) is 3.76. The van der Waals surface area contributed by atoms with Crippen molar-refractivity contribution in [2.45, 2.75) is 13.0 Å². The van der Waals surface area contributed by atoms with Crippen molar-refractivity contribution in [3.63, 3.8) is 0 Å². The molecule has 6 heteroatoms. The summed E-state index contributed by atoms with van der Waals surface area (Å²) in [7, 11) is 0. The number of carbonyl (C=O) groups excluding carboxylic acids is 2. The van der Waals surface area contributed by atoms with Gasteiger partial charge in [0.25, 0.3) is 5.91 Å². The lowest BCUT2D eigenvalue weighted by atomic mass is 10.0. The monoisotopic (exact) mass is 479 g/mol. The number of hydrogen-bond donors (Lipinski definition) is 3. The van der Waals surface area contributed by atoms with Gasteiger partial charge in [-0.2, -0.15) is 0 Å². The Kier molecular flexibility index (Phi) is 7.65. The average molecular weight is 480 g/mol. The van der Waals surface area contributed by atoms with Crippen molar-refractivity contribution < 1.29 is 9.59 Å². The number of hydrogen-bond acceptors (Lipinski definition) is 3. The predicted molar refractivity (Wildman–Crippen MR) is 146 cm³/mol. The normalized spacial score (nSPS) is 11.7. The lowest BCUT2D eigenvalue weighted by Gasteiger charge is -2.17. The molecular weight excluding hydrogens is 454 g/mol. The molecule has 0 saturated heterocycles. The van der Waals surface area contributed by atoms with Crippen LogP contribution in [0.5, 0.6) is 0 Å². The molecule has 1 atom stereocenters. The van der Waals surface area contributed by atoms with Gasteiger partial charge in [0.1, 0.15) is 0 Å².